The molecule has 1 aliphatic rings. The molecule has 1 amide bonds. The fraction of sp³-hybridized carbons (Fsp3) is 0.0588. The molecule has 0 fully saturated rings. The Morgan fingerprint density at radius 1 is 1.22 bits per heavy atom. The van der Waals surface area contributed by atoms with Gasteiger partial charge in [0.25, 0.3) is 5.91 Å². The van der Waals surface area contributed by atoms with Crippen molar-refractivity contribution in [2.45, 2.75) is 0 Å². The van der Waals surface area contributed by atoms with Crippen molar-refractivity contribution >= 4 is 17.8 Å². The smallest absolute Gasteiger partial charge is 0.271 e. The molecular formula is C17H14N2O4. The molecule has 0 unspecified atom stereocenters. The van der Waals surface area contributed by atoms with Crippen LogP contribution in [-0.2, 0) is 4.79 Å². The molecule has 3 rings (SSSR count). The molecule has 1 heterocycles. The summed E-state index contributed by atoms with van der Waals surface area (Å²) >= 11 is 0. The van der Waals surface area contributed by atoms with E-state index >= 15 is 0 Å². The summed E-state index contributed by atoms with van der Waals surface area (Å²) in [5.74, 6) is 5.42. The summed E-state index contributed by atoms with van der Waals surface area (Å²) in [6.45, 7) is -0.212. The second kappa shape index (κ2) is 6.33. The number of nitrogens with two attached hydrogens (primary N) is 1. The molecule has 0 bridgehead atoms. The van der Waals surface area contributed by atoms with Gasteiger partial charge in [-0.1, -0.05) is 30.3 Å². The number of amides is 1. The molecule has 0 saturated carbocycles. The number of hydrogen-bond donors (Lipinski definition) is 2. The van der Waals surface area contributed by atoms with Crippen LogP contribution >= 0.6 is 0 Å². The molecule has 1 aliphatic heterocycles. The summed E-state index contributed by atoms with van der Waals surface area (Å²) in [7, 11) is 0. The summed E-state index contributed by atoms with van der Waals surface area (Å²) in [5, 5.41) is 0. The number of hydrogen-bond acceptors (Lipinski definition) is 5. The van der Waals surface area contributed by atoms with Gasteiger partial charge in [-0.2, -0.15) is 0 Å². The second-order valence-corrected chi connectivity index (χ2v) is 4.86. The topological polar surface area (TPSA) is 90.7 Å². The maximum absolute atomic E-state index is 12.3. The number of allylic oxidation sites excluding steroid dienone is 1. The van der Waals surface area contributed by atoms with Gasteiger partial charge in [-0.3, -0.25) is 15.0 Å². The van der Waals surface area contributed by atoms with Crippen molar-refractivity contribution in [3.63, 3.8) is 0 Å². The molecule has 0 spiro atoms. The lowest BCUT2D eigenvalue weighted by molar-refractivity contribution is -0.123. The predicted molar refractivity (Wildman–Crippen MR) is 83.6 cm³/mol. The molecule has 0 radical (unpaired) electrons. The molecule has 23 heavy (non-hydrogen) atoms. The number of ketones is 1. The first-order chi connectivity index (χ1) is 11.2. The zero-order chi connectivity index (χ0) is 16.2. The summed E-state index contributed by atoms with van der Waals surface area (Å²) in [6.07, 6.45) is 1.69. The van der Waals surface area contributed by atoms with Gasteiger partial charge >= 0.3 is 0 Å². The van der Waals surface area contributed by atoms with Crippen LogP contribution in [0.15, 0.2) is 54.3 Å². The summed E-state index contributed by atoms with van der Waals surface area (Å²) < 4.78 is 10.9. The second-order valence-electron chi connectivity index (χ2n) is 4.86. The molecule has 0 aromatic heterocycles. The number of carbonyl (C=O) groups excluding carboxylic acids is 2. The highest BCUT2D eigenvalue weighted by Crippen LogP contribution is 2.34. The molecule has 0 saturated heterocycles. The molecule has 2 aromatic carbocycles. The van der Waals surface area contributed by atoms with Gasteiger partial charge in [0, 0.05) is 6.07 Å². The van der Waals surface area contributed by atoms with Crippen molar-refractivity contribution in [2.24, 2.45) is 5.84 Å². The highest BCUT2D eigenvalue weighted by atomic mass is 16.5. The van der Waals surface area contributed by atoms with E-state index in [0.29, 0.717) is 17.1 Å². The Morgan fingerprint density at radius 2 is 2.00 bits per heavy atom. The minimum Gasteiger partial charge on any atom is -0.484 e. The number of nitrogens with one attached hydrogen (secondary N) is 1. The zero-order valence-corrected chi connectivity index (χ0v) is 12.1. The predicted octanol–water partition coefficient (Wildman–Crippen LogP) is 1.67. The SMILES string of the molecule is NNC(=O)COc1ccc2c(c1)OC(=Cc1ccccc1)C2=O. The zero-order valence-electron chi connectivity index (χ0n) is 12.1. The van der Waals surface area contributed by atoms with Crippen LogP contribution in [0.1, 0.15) is 15.9 Å². The third-order valence-corrected chi connectivity index (χ3v) is 3.27. The minimum atomic E-state index is -0.452. The van der Waals surface area contributed by atoms with E-state index in [2.05, 4.69) is 0 Å². The van der Waals surface area contributed by atoms with Gasteiger partial charge in [0.05, 0.1) is 5.56 Å². The first kappa shape index (κ1) is 14.8. The molecule has 2 aromatic rings. The van der Waals surface area contributed by atoms with Crippen LogP contribution in [0.3, 0.4) is 0 Å². The van der Waals surface area contributed by atoms with Crippen LogP contribution in [0.4, 0.5) is 0 Å². The molecule has 6 nitrogen and oxygen atoms in total. The van der Waals surface area contributed by atoms with Crippen molar-refractivity contribution in [1.82, 2.24) is 5.43 Å². The lowest BCUT2D eigenvalue weighted by atomic mass is 10.1. The Labute approximate surface area is 132 Å². The van der Waals surface area contributed by atoms with Gasteiger partial charge in [0.1, 0.15) is 11.5 Å². The molecule has 3 N–H and O–H groups in total. The largest absolute Gasteiger partial charge is 0.484 e. The van der Waals surface area contributed by atoms with Crippen molar-refractivity contribution in [3.8, 4) is 11.5 Å². The standard InChI is InChI=1S/C17H14N2O4/c18-19-16(20)10-22-12-6-7-13-14(9-12)23-15(17(13)21)8-11-4-2-1-3-5-11/h1-9H,10,18H2,(H,19,20). The van der Waals surface area contributed by atoms with Gasteiger partial charge in [-0.15, -0.1) is 0 Å². The van der Waals surface area contributed by atoms with Crippen LogP contribution in [-0.4, -0.2) is 18.3 Å². The molecule has 6 heteroatoms. The van der Waals surface area contributed by atoms with Crippen LogP contribution < -0.4 is 20.7 Å². The number of benzene rings is 2. The average molecular weight is 310 g/mol. The van der Waals surface area contributed by atoms with Crippen LogP contribution in [0, 0.1) is 0 Å². The van der Waals surface area contributed by atoms with E-state index in [9.17, 15) is 9.59 Å². The quantitative estimate of drug-likeness (QED) is 0.388. The number of ether oxygens (including phenoxy) is 2. The number of fused-ring (bicyclic) bond motifs is 1. The lowest BCUT2D eigenvalue weighted by Gasteiger charge is -2.06. The fourth-order valence-electron chi connectivity index (χ4n) is 2.15. The molecule has 0 atom stereocenters. The Kier molecular flexibility index (Phi) is 4.07. The summed E-state index contributed by atoms with van der Waals surface area (Å²) in [4.78, 5) is 23.4. The van der Waals surface area contributed by atoms with E-state index in [1.54, 1.807) is 24.3 Å². The first-order valence-corrected chi connectivity index (χ1v) is 6.93. The minimum absolute atomic E-state index is 0.185. The highest BCUT2D eigenvalue weighted by Gasteiger charge is 2.27. The molecule has 116 valence electrons. The van der Waals surface area contributed by atoms with Crippen LogP contribution in [0.25, 0.3) is 6.08 Å². The Morgan fingerprint density at radius 3 is 2.74 bits per heavy atom. The Bertz CT molecular complexity index is 784. The fourth-order valence-corrected chi connectivity index (χ4v) is 2.15. The number of rotatable bonds is 4. The van der Waals surface area contributed by atoms with Crippen molar-refractivity contribution in [3.05, 3.63) is 65.4 Å². The van der Waals surface area contributed by atoms with E-state index in [1.165, 1.54) is 0 Å². The number of carbonyl (C=O) groups is 2. The number of hydrazine groups is 1. The van der Waals surface area contributed by atoms with Crippen LogP contribution in [0.2, 0.25) is 0 Å². The van der Waals surface area contributed by atoms with Gasteiger partial charge in [0.15, 0.2) is 12.4 Å². The van der Waals surface area contributed by atoms with E-state index in [1.807, 2.05) is 35.8 Å². The van der Waals surface area contributed by atoms with E-state index in [-0.39, 0.29) is 18.1 Å². The van der Waals surface area contributed by atoms with Crippen molar-refractivity contribution in [1.29, 1.82) is 0 Å². The maximum Gasteiger partial charge on any atom is 0.271 e. The normalized spacial score (nSPS) is 14.3. The van der Waals surface area contributed by atoms with E-state index in [0.717, 1.165) is 5.56 Å². The van der Waals surface area contributed by atoms with Gasteiger partial charge in [0.2, 0.25) is 5.78 Å². The van der Waals surface area contributed by atoms with Crippen LogP contribution in [0.5, 0.6) is 11.5 Å². The monoisotopic (exact) mass is 310 g/mol. The van der Waals surface area contributed by atoms with Gasteiger partial charge in [-0.25, -0.2) is 5.84 Å². The van der Waals surface area contributed by atoms with E-state index in [4.69, 9.17) is 15.3 Å². The van der Waals surface area contributed by atoms with Gasteiger partial charge in [-0.05, 0) is 23.8 Å². The Balaban J connectivity index is 1.80. The third-order valence-electron chi connectivity index (χ3n) is 3.27. The highest BCUT2D eigenvalue weighted by molar-refractivity contribution is 6.14. The third kappa shape index (κ3) is 3.22. The Hall–Kier alpha value is -3.12. The van der Waals surface area contributed by atoms with Crippen molar-refractivity contribution in [2.75, 3.05) is 6.61 Å². The average Bonchev–Trinajstić information content (AvgIpc) is 2.89. The number of Topliss-reactive ketones (excluding diaryl/α,β-unsaturated/α-hetero) is 1. The first-order valence-electron chi connectivity index (χ1n) is 6.93. The molecule has 0 aliphatic carbocycles. The summed E-state index contributed by atoms with van der Waals surface area (Å²) in [6, 6.07) is 14.2. The van der Waals surface area contributed by atoms with E-state index < -0.39 is 5.91 Å². The molecular weight excluding hydrogens is 296 g/mol. The van der Waals surface area contributed by atoms with Gasteiger partial charge < -0.3 is 9.47 Å². The lowest BCUT2D eigenvalue weighted by Crippen LogP contribution is -2.34. The maximum atomic E-state index is 12.3. The van der Waals surface area contributed by atoms with Crippen molar-refractivity contribution < 1.29 is 19.1 Å². The summed E-state index contributed by atoms with van der Waals surface area (Å²) in [5.41, 5.74) is 3.31.